The average molecular weight is 368 g/mol. The molecule has 2 aromatic rings. The van der Waals surface area contributed by atoms with Gasteiger partial charge in [-0.15, -0.1) is 5.10 Å². The van der Waals surface area contributed by atoms with Crippen LogP contribution in [0.25, 0.3) is 0 Å². The van der Waals surface area contributed by atoms with Crippen LogP contribution in [0.4, 0.5) is 39.5 Å². The van der Waals surface area contributed by atoms with Crippen LogP contribution in [0.2, 0.25) is 0 Å². The van der Waals surface area contributed by atoms with E-state index in [4.69, 9.17) is 5.73 Å². The predicted octanol–water partition coefficient (Wildman–Crippen LogP) is 3.06. The van der Waals surface area contributed by atoms with E-state index in [0.717, 1.165) is 4.68 Å². The Kier molecular flexibility index (Phi) is 4.28. The third-order valence-electron chi connectivity index (χ3n) is 3.37. The fourth-order valence-electron chi connectivity index (χ4n) is 2.21. The van der Waals surface area contributed by atoms with Gasteiger partial charge in [0.15, 0.2) is 5.82 Å². The van der Waals surface area contributed by atoms with Gasteiger partial charge in [0.2, 0.25) is 0 Å². The fourth-order valence-corrected chi connectivity index (χ4v) is 2.21. The van der Waals surface area contributed by atoms with Gasteiger partial charge >= 0.3 is 12.2 Å². The molecular formula is C15H12F4N6O. The van der Waals surface area contributed by atoms with E-state index >= 15 is 0 Å². The van der Waals surface area contributed by atoms with Gasteiger partial charge in [0.05, 0.1) is 17.4 Å². The molecule has 0 saturated heterocycles. The van der Waals surface area contributed by atoms with Crippen LogP contribution in [0, 0.1) is 5.82 Å². The van der Waals surface area contributed by atoms with Crippen molar-refractivity contribution in [2.75, 3.05) is 16.1 Å². The minimum atomic E-state index is -4.76. The van der Waals surface area contributed by atoms with Gasteiger partial charge in [-0.3, -0.25) is 5.01 Å². The van der Waals surface area contributed by atoms with Gasteiger partial charge in [-0.25, -0.2) is 9.18 Å². The molecule has 11 heteroatoms. The van der Waals surface area contributed by atoms with E-state index in [0.29, 0.717) is 23.9 Å². The number of halogens is 4. The standard InChI is InChI=1S/C15H12F4N6O/c16-9-3-4-10(15(17,18)19)11(7-9)22-14(26)25-8-12(13(20)23-25)24-6-2-1-5-21-24/h1-8,21H,(H2,20,23)(H,22,26). The molecule has 0 radical (unpaired) electrons. The lowest BCUT2D eigenvalue weighted by Crippen LogP contribution is -2.30. The number of alkyl halides is 3. The molecule has 1 aliphatic heterocycles. The van der Waals surface area contributed by atoms with Crippen LogP contribution in [0.3, 0.4) is 0 Å². The summed E-state index contributed by atoms with van der Waals surface area (Å²) in [7, 11) is 0. The van der Waals surface area contributed by atoms with Gasteiger partial charge in [-0.2, -0.15) is 17.9 Å². The van der Waals surface area contributed by atoms with Crippen LogP contribution < -0.4 is 21.5 Å². The predicted molar refractivity (Wildman–Crippen MR) is 86.4 cm³/mol. The summed E-state index contributed by atoms with van der Waals surface area (Å²) in [5.41, 5.74) is 6.95. The van der Waals surface area contributed by atoms with Gasteiger partial charge in [-0.1, -0.05) is 0 Å². The number of amides is 1. The van der Waals surface area contributed by atoms with Crippen LogP contribution in [-0.4, -0.2) is 15.8 Å². The van der Waals surface area contributed by atoms with Crippen molar-refractivity contribution in [3.8, 4) is 0 Å². The van der Waals surface area contributed by atoms with E-state index in [1.54, 1.807) is 24.6 Å². The Morgan fingerprint density at radius 2 is 2.04 bits per heavy atom. The van der Waals surface area contributed by atoms with Crippen LogP contribution in [0.15, 0.2) is 48.9 Å². The molecular weight excluding hydrogens is 356 g/mol. The normalized spacial score (nSPS) is 13.6. The first kappa shape index (κ1) is 17.3. The third-order valence-corrected chi connectivity index (χ3v) is 3.37. The molecule has 0 aliphatic carbocycles. The number of hydrogen-bond acceptors (Lipinski definition) is 5. The highest BCUT2D eigenvalue weighted by Gasteiger charge is 2.34. The number of nitrogens with zero attached hydrogens (tertiary/aromatic N) is 3. The minimum absolute atomic E-state index is 0.0390. The first-order valence-electron chi connectivity index (χ1n) is 7.17. The van der Waals surface area contributed by atoms with Gasteiger partial charge in [0.1, 0.15) is 11.5 Å². The molecule has 3 rings (SSSR count). The highest BCUT2D eigenvalue weighted by molar-refractivity contribution is 5.92. The number of hydrogen-bond donors (Lipinski definition) is 3. The lowest BCUT2D eigenvalue weighted by atomic mass is 10.1. The monoisotopic (exact) mass is 368 g/mol. The fraction of sp³-hybridized carbons (Fsp3) is 0.0667. The number of carbonyl (C=O) groups is 1. The minimum Gasteiger partial charge on any atom is -0.380 e. The Morgan fingerprint density at radius 3 is 2.69 bits per heavy atom. The highest BCUT2D eigenvalue weighted by Crippen LogP contribution is 2.35. The summed E-state index contributed by atoms with van der Waals surface area (Å²) in [6, 6.07) is 0.747. The number of hydrazine groups is 1. The van der Waals surface area contributed by atoms with Crippen molar-refractivity contribution < 1.29 is 22.4 Å². The molecule has 136 valence electrons. The molecule has 7 nitrogen and oxygen atoms in total. The smallest absolute Gasteiger partial charge is 0.380 e. The van der Waals surface area contributed by atoms with Crippen LogP contribution in [0.5, 0.6) is 0 Å². The summed E-state index contributed by atoms with van der Waals surface area (Å²) >= 11 is 0. The van der Waals surface area contributed by atoms with E-state index in [2.05, 4.69) is 10.5 Å². The molecule has 1 amide bonds. The molecule has 26 heavy (non-hydrogen) atoms. The molecule has 1 aromatic carbocycles. The number of nitrogens with two attached hydrogens (primary N) is 1. The van der Waals surface area contributed by atoms with Gasteiger partial charge < -0.3 is 16.5 Å². The molecule has 0 fully saturated rings. The number of aromatic nitrogens is 2. The third kappa shape index (κ3) is 3.45. The quantitative estimate of drug-likeness (QED) is 0.709. The van der Waals surface area contributed by atoms with Crippen molar-refractivity contribution in [1.82, 2.24) is 15.2 Å². The molecule has 4 N–H and O–H groups in total. The largest absolute Gasteiger partial charge is 0.418 e. The molecule has 1 aliphatic rings. The number of nitrogen functional groups attached to an aromatic ring is 1. The first-order chi connectivity index (χ1) is 12.3. The van der Waals surface area contributed by atoms with E-state index in [9.17, 15) is 22.4 Å². The Hall–Kier alpha value is -3.50. The van der Waals surface area contributed by atoms with E-state index in [1.165, 1.54) is 11.2 Å². The summed E-state index contributed by atoms with van der Waals surface area (Å²) in [6.07, 6.45) is 3.05. The molecule has 2 heterocycles. The van der Waals surface area contributed by atoms with Crippen LogP contribution >= 0.6 is 0 Å². The molecule has 1 aromatic heterocycles. The SMILES string of the molecule is Nc1nn(C(=O)Nc2cc(F)ccc2C(F)(F)F)cc1N1C=CC=CN1. The van der Waals surface area contributed by atoms with Crippen molar-refractivity contribution in [2.45, 2.75) is 6.18 Å². The van der Waals surface area contributed by atoms with Crippen molar-refractivity contribution in [3.63, 3.8) is 0 Å². The summed E-state index contributed by atoms with van der Waals surface area (Å²) in [5.74, 6) is -0.966. The zero-order valence-corrected chi connectivity index (χ0v) is 13.0. The second kappa shape index (κ2) is 6.43. The average Bonchev–Trinajstić information content (AvgIpc) is 2.96. The molecule has 0 saturated carbocycles. The first-order valence-corrected chi connectivity index (χ1v) is 7.17. The number of rotatable bonds is 2. The molecule has 0 atom stereocenters. The van der Waals surface area contributed by atoms with Crippen molar-refractivity contribution in [1.29, 1.82) is 0 Å². The zero-order valence-electron chi connectivity index (χ0n) is 13.0. The van der Waals surface area contributed by atoms with E-state index < -0.39 is 29.3 Å². The second-order valence-corrected chi connectivity index (χ2v) is 5.16. The van der Waals surface area contributed by atoms with Crippen molar-refractivity contribution in [2.24, 2.45) is 0 Å². The number of anilines is 3. The van der Waals surface area contributed by atoms with Crippen molar-refractivity contribution in [3.05, 3.63) is 60.3 Å². The Labute approximate surface area is 144 Å². The molecule has 0 spiro atoms. The maximum Gasteiger partial charge on any atom is 0.418 e. The summed E-state index contributed by atoms with van der Waals surface area (Å²) in [6.45, 7) is 0. The Balaban J connectivity index is 1.87. The van der Waals surface area contributed by atoms with E-state index in [-0.39, 0.29) is 5.82 Å². The number of allylic oxidation sites excluding steroid dienone is 2. The zero-order chi connectivity index (χ0) is 18.9. The lowest BCUT2D eigenvalue weighted by Gasteiger charge is -2.20. The van der Waals surface area contributed by atoms with Crippen LogP contribution in [0.1, 0.15) is 5.56 Å². The summed E-state index contributed by atoms with van der Waals surface area (Å²) in [4.78, 5) is 12.2. The lowest BCUT2D eigenvalue weighted by molar-refractivity contribution is -0.136. The molecule has 0 bridgehead atoms. The Bertz CT molecular complexity index is 902. The van der Waals surface area contributed by atoms with Gasteiger partial charge in [-0.05, 0) is 30.4 Å². The van der Waals surface area contributed by atoms with Gasteiger partial charge in [0.25, 0.3) is 0 Å². The summed E-state index contributed by atoms with van der Waals surface area (Å²) in [5, 5.41) is 7.21. The maximum absolute atomic E-state index is 13.3. The highest BCUT2D eigenvalue weighted by atomic mass is 19.4. The number of benzene rings is 1. The second-order valence-electron chi connectivity index (χ2n) is 5.16. The van der Waals surface area contributed by atoms with E-state index in [1.807, 2.05) is 5.32 Å². The van der Waals surface area contributed by atoms with Crippen LogP contribution in [-0.2, 0) is 6.18 Å². The number of nitrogens with one attached hydrogen (secondary N) is 2. The summed E-state index contributed by atoms with van der Waals surface area (Å²) < 4.78 is 53.0. The van der Waals surface area contributed by atoms with Gasteiger partial charge in [0, 0.05) is 12.4 Å². The van der Waals surface area contributed by atoms with Crippen molar-refractivity contribution >= 4 is 23.2 Å². The molecule has 0 unspecified atom stereocenters. The maximum atomic E-state index is 13.3. The topological polar surface area (TPSA) is 88.2 Å². The number of carbonyl (C=O) groups excluding carboxylic acids is 1. The Morgan fingerprint density at radius 1 is 1.27 bits per heavy atom.